The molecule has 0 bridgehead atoms. The molecule has 80 valence electrons. The number of likely N-dealkylation sites (N-methyl/N-ethyl adjacent to an activating group) is 1. The first-order chi connectivity index (χ1) is 7.13. The number of hydrogen-bond acceptors (Lipinski definition) is 3. The van der Waals surface area contributed by atoms with Gasteiger partial charge >= 0.3 is 0 Å². The SMILES string of the molecule is CN(C)C(=O)Cn1cc(C#CCN)cn1. The smallest absolute Gasteiger partial charge is 0.243 e. The second-order valence-electron chi connectivity index (χ2n) is 3.22. The fraction of sp³-hybridized carbons (Fsp3) is 0.400. The summed E-state index contributed by atoms with van der Waals surface area (Å²) < 4.78 is 1.56. The summed E-state index contributed by atoms with van der Waals surface area (Å²) in [5.41, 5.74) is 6.01. The number of nitrogens with zero attached hydrogens (tertiary/aromatic N) is 3. The highest BCUT2D eigenvalue weighted by Crippen LogP contribution is 1.95. The van der Waals surface area contributed by atoms with E-state index in [0.717, 1.165) is 5.56 Å². The third kappa shape index (κ3) is 3.44. The van der Waals surface area contributed by atoms with E-state index in [-0.39, 0.29) is 12.5 Å². The van der Waals surface area contributed by atoms with Crippen LogP contribution < -0.4 is 5.73 Å². The second-order valence-corrected chi connectivity index (χ2v) is 3.22. The van der Waals surface area contributed by atoms with Crippen LogP contribution in [0.4, 0.5) is 0 Å². The zero-order valence-electron chi connectivity index (χ0n) is 8.90. The van der Waals surface area contributed by atoms with Crippen LogP contribution in [-0.2, 0) is 11.3 Å². The molecule has 1 aromatic heterocycles. The van der Waals surface area contributed by atoms with E-state index in [0.29, 0.717) is 6.54 Å². The van der Waals surface area contributed by atoms with Gasteiger partial charge in [0.05, 0.1) is 18.3 Å². The van der Waals surface area contributed by atoms with Crippen molar-refractivity contribution in [2.24, 2.45) is 5.73 Å². The van der Waals surface area contributed by atoms with E-state index in [9.17, 15) is 4.79 Å². The molecule has 0 aromatic carbocycles. The molecule has 1 rings (SSSR count). The van der Waals surface area contributed by atoms with Crippen LogP contribution in [0.3, 0.4) is 0 Å². The lowest BCUT2D eigenvalue weighted by molar-refractivity contribution is -0.129. The van der Waals surface area contributed by atoms with Crippen LogP contribution >= 0.6 is 0 Å². The van der Waals surface area contributed by atoms with E-state index in [4.69, 9.17) is 5.73 Å². The van der Waals surface area contributed by atoms with Gasteiger partial charge in [0.1, 0.15) is 6.54 Å². The lowest BCUT2D eigenvalue weighted by Gasteiger charge is -2.09. The summed E-state index contributed by atoms with van der Waals surface area (Å²) in [5, 5.41) is 4.02. The van der Waals surface area contributed by atoms with Crippen molar-refractivity contribution >= 4 is 5.91 Å². The first-order valence-corrected chi connectivity index (χ1v) is 4.55. The van der Waals surface area contributed by atoms with Crippen LogP contribution in [0.25, 0.3) is 0 Å². The average molecular weight is 206 g/mol. The zero-order valence-corrected chi connectivity index (χ0v) is 8.90. The minimum atomic E-state index is -0.00330. The normalized spacial score (nSPS) is 9.27. The Morgan fingerprint density at radius 2 is 2.40 bits per heavy atom. The van der Waals surface area contributed by atoms with Crippen molar-refractivity contribution in [2.75, 3.05) is 20.6 Å². The molecule has 5 nitrogen and oxygen atoms in total. The lowest BCUT2D eigenvalue weighted by atomic mass is 10.3. The van der Waals surface area contributed by atoms with Crippen molar-refractivity contribution < 1.29 is 4.79 Å². The molecule has 2 N–H and O–H groups in total. The topological polar surface area (TPSA) is 64.2 Å². The van der Waals surface area contributed by atoms with Crippen molar-refractivity contribution in [1.29, 1.82) is 0 Å². The molecule has 0 aliphatic rings. The third-order valence-corrected chi connectivity index (χ3v) is 1.76. The van der Waals surface area contributed by atoms with Gasteiger partial charge in [0.25, 0.3) is 0 Å². The van der Waals surface area contributed by atoms with Crippen LogP contribution in [0.2, 0.25) is 0 Å². The molecular formula is C10H14N4O. The van der Waals surface area contributed by atoms with Crippen molar-refractivity contribution in [3.05, 3.63) is 18.0 Å². The molecule has 0 saturated carbocycles. The number of rotatable bonds is 2. The Bertz CT molecular complexity index is 397. The molecular weight excluding hydrogens is 192 g/mol. The molecule has 1 heterocycles. The molecule has 0 aliphatic heterocycles. The van der Waals surface area contributed by atoms with Crippen LogP contribution in [0.1, 0.15) is 5.56 Å². The Morgan fingerprint density at radius 3 is 3.00 bits per heavy atom. The predicted molar refractivity (Wildman–Crippen MR) is 56.9 cm³/mol. The summed E-state index contributed by atoms with van der Waals surface area (Å²) in [4.78, 5) is 12.9. The number of carbonyl (C=O) groups excluding carboxylic acids is 1. The molecule has 0 spiro atoms. The number of hydrogen-bond donors (Lipinski definition) is 1. The number of aromatic nitrogens is 2. The van der Waals surface area contributed by atoms with E-state index in [1.54, 1.807) is 31.2 Å². The summed E-state index contributed by atoms with van der Waals surface area (Å²) in [7, 11) is 3.42. The number of nitrogens with two attached hydrogens (primary N) is 1. The summed E-state index contributed by atoms with van der Waals surface area (Å²) in [5.74, 6) is 5.56. The maximum atomic E-state index is 11.3. The van der Waals surface area contributed by atoms with Crippen LogP contribution in [0.5, 0.6) is 0 Å². The zero-order chi connectivity index (χ0) is 11.3. The van der Waals surface area contributed by atoms with Crippen LogP contribution in [0, 0.1) is 11.8 Å². The van der Waals surface area contributed by atoms with Gasteiger partial charge in [-0.05, 0) is 0 Å². The van der Waals surface area contributed by atoms with E-state index >= 15 is 0 Å². The highest BCUT2D eigenvalue weighted by molar-refractivity contribution is 5.75. The van der Waals surface area contributed by atoms with Gasteiger partial charge < -0.3 is 10.6 Å². The molecule has 0 aliphatic carbocycles. The molecule has 15 heavy (non-hydrogen) atoms. The van der Waals surface area contributed by atoms with E-state index in [1.807, 2.05) is 0 Å². The first-order valence-electron chi connectivity index (χ1n) is 4.55. The van der Waals surface area contributed by atoms with Gasteiger partial charge in [0.2, 0.25) is 5.91 Å². The van der Waals surface area contributed by atoms with Gasteiger partial charge in [-0.2, -0.15) is 5.10 Å². The summed E-state index contributed by atoms with van der Waals surface area (Å²) >= 11 is 0. The largest absolute Gasteiger partial charge is 0.347 e. The number of amides is 1. The third-order valence-electron chi connectivity index (χ3n) is 1.76. The quantitative estimate of drug-likeness (QED) is 0.650. The monoisotopic (exact) mass is 206 g/mol. The fourth-order valence-electron chi connectivity index (χ4n) is 0.948. The molecule has 0 fully saturated rings. The Hall–Kier alpha value is -1.80. The fourth-order valence-corrected chi connectivity index (χ4v) is 0.948. The second kappa shape index (κ2) is 5.17. The van der Waals surface area contributed by atoms with E-state index in [2.05, 4.69) is 16.9 Å². The van der Waals surface area contributed by atoms with Gasteiger partial charge in [-0.3, -0.25) is 9.48 Å². The Kier molecular flexibility index (Phi) is 3.89. The maximum Gasteiger partial charge on any atom is 0.243 e. The molecule has 0 unspecified atom stereocenters. The summed E-state index contributed by atoms with van der Waals surface area (Å²) in [6.07, 6.45) is 3.34. The molecule has 0 saturated heterocycles. The summed E-state index contributed by atoms with van der Waals surface area (Å²) in [6, 6.07) is 0. The van der Waals surface area contributed by atoms with Gasteiger partial charge in [-0.1, -0.05) is 11.8 Å². The number of carbonyl (C=O) groups is 1. The summed E-state index contributed by atoms with van der Waals surface area (Å²) in [6.45, 7) is 0.555. The molecule has 0 radical (unpaired) electrons. The van der Waals surface area contributed by atoms with Crippen molar-refractivity contribution in [3.63, 3.8) is 0 Å². The van der Waals surface area contributed by atoms with Crippen molar-refractivity contribution in [3.8, 4) is 11.8 Å². The van der Waals surface area contributed by atoms with Crippen LogP contribution in [-0.4, -0.2) is 41.2 Å². The molecule has 1 aromatic rings. The Balaban J connectivity index is 2.64. The highest BCUT2D eigenvalue weighted by atomic mass is 16.2. The minimum Gasteiger partial charge on any atom is -0.347 e. The first kappa shape index (κ1) is 11.3. The Labute approximate surface area is 88.9 Å². The highest BCUT2D eigenvalue weighted by Gasteiger charge is 2.05. The van der Waals surface area contributed by atoms with Gasteiger partial charge in [0, 0.05) is 20.3 Å². The maximum absolute atomic E-state index is 11.3. The molecule has 0 atom stereocenters. The van der Waals surface area contributed by atoms with Crippen molar-refractivity contribution in [2.45, 2.75) is 6.54 Å². The van der Waals surface area contributed by atoms with Crippen molar-refractivity contribution in [1.82, 2.24) is 14.7 Å². The van der Waals surface area contributed by atoms with E-state index < -0.39 is 0 Å². The van der Waals surface area contributed by atoms with E-state index in [1.165, 1.54) is 4.90 Å². The Morgan fingerprint density at radius 1 is 1.67 bits per heavy atom. The van der Waals surface area contributed by atoms with Gasteiger partial charge in [-0.25, -0.2) is 0 Å². The predicted octanol–water partition coefficient (Wildman–Crippen LogP) is -0.718. The molecule has 1 amide bonds. The van der Waals surface area contributed by atoms with Gasteiger partial charge in [0.15, 0.2) is 0 Å². The minimum absolute atomic E-state index is 0.00330. The molecule has 5 heteroatoms. The standard InChI is InChI=1S/C10H14N4O/c1-13(2)10(15)8-14-7-9(6-12-14)4-3-5-11/h6-7H,5,8,11H2,1-2H3. The van der Waals surface area contributed by atoms with Crippen LogP contribution in [0.15, 0.2) is 12.4 Å². The lowest BCUT2D eigenvalue weighted by Crippen LogP contribution is -2.26. The van der Waals surface area contributed by atoms with Gasteiger partial charge in [-0.15, -0.1) is 0 Å². The average Bonchev–Trinajstić information content (AvgIpc) is 2.62.